The Kier molecular flexibility index (Phi) is 4.83. The molecule has 2 aromatic rings. The van der Waals surface area contributed by atoms with E-state index in [9.17, 15) is 19.1 Å². The van der Waals surface area contributed by atoms with Crippen molar-refractivity contribution in [3.63, 3.8) is 0 Å². The predicted molar refractivity (Wildman–Crippen MR) is 91.0 cm³/mol. The second kappa shape index (κ2) is 7.21. The van der Waals surface area contributed by atoms with E-state index in [1.54, 1.807) is 28.0 Å². The van der Waals surface area contributed by atoms with Crippen LogP contribution in [0.4, 0.5) is 14.9 Å². The Bertz CT molecular complexity index is 789. The van der Waals surface area contributed by atoms with Crippen molar-refractivity contribution in [1.82, 2.24) is 9.80 Å². The van der Waals surface area contributed by atoms with E-state index in [1.807, 2.05) is 0 Å². The summed E-state index contributed by atoms with van der Waals surface area (Å²) < 4.78 is 13.2. The molecular formula is C18H18FN3O3. The van der Waals surface area contributed by atoms with Crippen molar-refractivity contribution in [2.75, 3.05) is 31.5 Å². The molecule has 2 N–H and O–H groups in total. The number of phenols is 1. The number of hydrogen-bond acceptors (Lipinski definition) is 3. The highest BCUT2D eigenvalue weighted by Gasteiger charge is 2.25. The first-order chi connectivity index (χ1) is 12.0. The monoisotopic (exact) mass is 343 g/mol. The summed E-state index contributed by atoms with van der Waals surface area (Å²) in [6, 6.07) is 11.6. The lowest BCUT2D eigenvalue weighted by Crippen LogP contribution is -2.51. The third-order valence-electron chi connectivity index (χ3n) is 4.02. The lowest BCUT2D eigenvalue weighted by Gasteiger charge is -2.34. The van der Waals surface area contributed by atoms with Crippen molar-refractivity contribution in [3.8, 4) is 5.75 Å². The highest BCUT2D eigenvalue weighted by Crippen LogP contribution is 2.15. The van der Waals surface area contributed by atoms with E-state index in [1.165, 1.54) is 30.3 Å². The number of phenolic OH excluding ortho intramolecular Hbond substituents is 1. The van der Waals surface area contributed by atoms with Gasteiger partial charge in [0.1, 0.15) is 11.6 Å². The van der Waals surface area contributed by atoms with Gasteiger partial charge in [0, 0.05) is 37.4 Å². The van der Waals surface area contributed by atoms with Crippen molar-refractivity contribution in [3.05, 3.63) is 59.9 Å². The average molecular weight is 343 g/mol. The van der Waals surface area contributed by atoms with E-state index < -0.39 is 5.82 Å². The maximum Gasteiger partial charge on any atom is 0.321 e. The van der Waals surface area contributed by atoms with E-state index >= 15 is 0 Å². The van der Waals surface area contributed by atoms with Crippen LogP contribution < -0.4 is 5.32 Å². The molecule has 0 spiro atoms. The second-order valence-corrected chi connectivity index (χ2v) is 5.77. The summed E-state index contributed by atoms with van der Waals surface area (Å²) in [4.78, 5) is 27.9. The number of nitrogens with zero attached hydrogens (tertiary/aromatic N) is 2. The van der Waals surface area contributed by atoms with Gasteiger partial charge in [0.25, 0.3) is 5.91 Å². The van der Waals surface area contributed by atoms with Crippen molar-refractivity contribution >= 4 is 17.6 Å². The van der Waals surface area contributed by atoms with Gasteiger partial charge in [-0.25, -0.2) is 9.18 Å². The first-order valence-corrected chi connectivity index (χ1v) is 7.93. The van der Waals surface area contributed by atoms with Crippen LogP contribution in [0.3, 0.4) is 0 Å². The summed E-state index contributed by atoms with van der Waals surface area (Å²) in [5, 5.41) is 12.1. The third-order valence-corrected chi connectivity index (χ3v) is 4.02. The summed E-state index contributed by atoms with van der Waals surface area (Å²) >= 11 is 0. The topological polar surface area (TPSA) is 72.9 Å². The number of anilines is 1. The summed E-state index contributed by atoms with van der Waals surface area (Å²) in [7, 11) is 0. The molecule has 0 atom stereocenters. The number of benzene rings is 2. The van der Waals surface area contributed by atoms with Crippen LogP contribution in [0.5, 0.6) is 5.75 Å². The molecule has 3 amide bonds. The Morgan fingerprint density at radius 2 is 1.64 bits per heavy atom. The molecule has 0 unspecified atom stereocenters. The zero-order valence-electron chi connectivity index (χ0n) is 13.5. The Morgan fingerprint density at radius 3 is 2.32 bits per heavy atom. The number of carbonyl (C=O) groups is 2. The first-order valence-electron chi connectivity index (χ1n) is 7.93. The fraction of sp³-hybridized carbons (Fsp3) is 0.222. The summed E-state index contributed by atoms with van der Waals surface area (Å²) in [5.41, 5.74) is 0.806. The zero-order chi connectivity index (χ0) is 17.8. The molecule has 0 bridgehead atoms. The first kappa shape index (κ1) is 16.8. The van der Waals surface area contributed by atoms with E-state index in [0.717, 1.165) is 0 Å². The van der Waals surface area contributed by atoms with E-state index in [2.05, 4.69) is 5.32 Å². The van der Waals surface area contributed by atoms with E-state index in [4.69, 9.17) is 0 Å². The van der Waals surface area contributed by atoms with Crippen molar-refractivity contribution < 1.29 is 19.1 Å². The Labute approximate surface area is 144 Å². The van der Waals surface area contributed by atoms with Crippen molar-refractivity contribution in [2.45, 2.75) is 0 Å². The SMILES string of the molecule is O=C(Nc1cccc(F)c1)N1CCN(C(=O)c2cccc(O)c2)CC1. The van der Waals surface area contributed by atoms with Crippen LogP contribution in [0, 0.1) is 5.82 Å². The molecule has 3 rings (SSSR count). The summed E-state index contributed by atoms with van der Waals surface area (Å²) in [5.74, 6) is -0.556. The largest absolute Gasteiger partial charge is 0.508 e. The molecule has 1 heterocycles. The maximum absolute atomic E-state index is 13.2. The number of piperazine rings is 1. The maximum atomic E-state index is 13.2. The molecule has 1 aliphatic rings. The van der Waals surface area contributed by atoms with Gasteiger partial charge < -0.3 is 20.2 Å². The average Bonchev–Trinajstić information content (AvgIpc) is 2.61. The van der Waals surface area contributed by atoms with Gasteiger partial charge in [0.05, 0.1) is 0 Å². The van der Waals surface area contributed by atoms with Gasteiger partial charge in [-0.2, -0.15) is 0 Å². The van der Waals surface area contributed by atoms with Crippen LogP contribution >= 0.6 is 0 Å². The zero-order valence-corrected chi connectivity index (χ0v) is 13.5. The minimum atomic E-state index is -0.417. The van der Waals surface area contributed by atoms with Gasteiger partial charge in [0.15, 0.2) is 0 Å². The third kappa shape index (κ3) is 4.06. The lowest BCUT2D eigenvalue weighted by atomic mass is 10.1. The molecule has 25 heavy (non-hydrogen) atoms. The van der Waals surface area contributed by atoms with Crippen molar-refractivity contribution in [2.24, 2.45) is 0 Å². The summed E-state index contributed by atoms with van der Waals surface area (Å²) in [6.45, 7) is 1.55. The van der Waals surface area contributed by atoms with Gasteiger partial charge in [0.2, 0.25) is 0 Å². The molecule has 1 aliphatic heterocycles. The minimum absolute atomic E-state index is 0.0407. The van der Waals surface area contributed by atoms with Crippen LogP contribution in [-0.2, 0) is 0 Å². The minimum Gasteiger partial charge on any atom is -0.508 e. The lowest BCUT2D eigenvalue weighted by molar-refractivity contribution is 0.0671. The number of aromatic hydroxyl groups is 1. The smallest absolute Gasteiger partial charge is 0.321 e. The summed E-state index contributed by atoms with van der Waals surface area (Å²) in [6.07, 6.45) is 0. The Balaban J connectivity index is 1.56. The molecule has 0 saturated carbocycles. The number of halogens is 1. The highest BCUT2D eigenvalue weighted by atomic mass is 19.1. The molecule has 7 heteroatoms. The fourth-order valence-corrected chi connectivity index (χ4v) is 2.70. The number of hydrogen-bond donors (Lipinski definition) is 2. The molecule has 0 radical (unpaired) electrons. The molecule has 2 aromatic carbocycles. The van der Waals surface area contributed by atoms with Crippen molar-refractivity contribution in [1.29, 1.82) is 0 Å². The van der Waals surface area contributed by atoms with Crippen LogP contribution in [-0.4, -0.2) is 53.0 Å². The second-order valence-electron chi connectivity index (χ2n) is 5.77. The van der Waals surface area contributed by atoms with Crippen LogP contribution in [0.2, 0.25) is 0 Å². The molecule has 1 fully saturated rings. The molecule has 6 nitrogen and oxygen atoms in total. The number of nitrogens with one attached hydrogen (secondary N) is 1. The Hall–Kier alpha value is -3.09. The van der Waals surface area contributed by atoms with Gasteiger partial charge in [-0.05, 0) is 36.4 Å². The van der Waals surface area contributed by atoms with E-state index in [-0.39, 0.29) is 17.7 Å². The normalized spacial score (nSPS) is 14.3. The van der Waals surface area contributed by atoms with Gasteiger partial charge in [-0.1, -0.05) is 12.1 Å². The van der Waals surface area contributed by atoms with Crippen LogP contribution in [0.25, 0.3) is 0 Å². The number of carbonyl (C=O) groups excluding carboxylic acids is 2. The number of amides is 3. The molecule has 1 saturated heterocycles. The molecule has 0 aliphatic carbocycles. The van der Waals surface area contributed by atoms with Gasteiger partial charge in [-0.3, -0.25) is 4.79 Å². The quantitative estimate of drug-likeness (QED) is 0.880. The van der Waals surface area contributed by atoms with Gasteiger partial charge in [-0.15, -0.1) is 0 Å². The van der Waals surface area contributed by atoms with Gasteiger partial charge >= 0.3 is 6.03 Å². The molecule has 0 aromatic heterocycles. The van der Waals surface area contributed by atoms with Crippen LogP contribution in [0.15, 0.2) is 48.5 Å². The fourth-order valence-electron chi connectivity index (χ4n) is 2.70. The van der Waals surface area contributed by atoms with Crippen LogP contribution in [0.1, 0.15) is 10.4 Å². The highest BCUT2D eigenvalue weighted by molar-refractivity contribution is 5.95. The molecule has 130 valence electrons. The predicted octanol–water partition coefficient (Wildman–Crippen LogP) is 2.52. The molecular weight excluding hydrogens is 325 g/mol. The van der Waals surface area contributed by atoms with E-state index in [0.29, 0.717) is 37.4 Å². The number of urea groups is 1. The Morgan fingerprint density at radius 1 is 0.960 bits per heavy atom. The number of rotatable bonds is 2. The standard InChI is InChI=1S/C18H18FN3O3/c19-14-4-2-5-15(12-14)20-18(25)22-9-7-21(8-10-22)17(24)13-3-1-6-16(23)11-13/h1-6,11-12,23H,7-10H2,(H,20,25).